The van der Waals surface area contributed by atoms with E-state index < -0.39 is 0 Å². The van der Waals surface area contributed by atoms with Gasteiger partial charge in [0, 0.05) is 51.5 Å². The Morgan fingerprint density at radius 2 is 1.91 bits per heavy atom. The Bertz CT molecular complexity index is 1170. The molecular formula is C25H29N5O3S2. The van der Waals surface area contributed by atoms with E-state index in [0.29, 0.717) is 37.6 Å². The summed E-state index contributed by atoms with van der Waals surface area (Å²) < 4.78 is 7.48. The van der Waals surface area contributed by atoms with Gasteiger partial charge in [0.15, 0.2) is 0 Å². The molecule has 10 heteroatoms. The Balaban J connectivity index is 1.37. The van der Waals surface area contributed by atoms with Crippen LogP contribution < -0.4 is 0 Å². The minimum Gasteiger partial charge on any atom is -0.379 e. The van der Waals surface area contributed by atoms with Crippen molar-refractivity contribution in [3.05, 3.63) is 68.8 Å². The first-order chi connectivity index (χ1) is 17.1. The maximum Gasteiger partial charge on any atom is 0.264 e. The lowest BCUT2D eigenvalue weighted by Crippen LogP contribution is -2.46. The lowest BCUT2D eigenvalue weighted by Gasteiger charge is -2.31. The standard InChI is InChI=1S/C25H29N5O3S2/c1-27-8-2-5-20(27)21-17-19(22-6-3-15-34-22)26-30(21)24(31)18-29(25(32)23-7-4-16-35-23)10-9-28-11-13-33-14-12-28/h2-8,15-16,21H,9-14,17-18H2,1H3/t21-/m0/s1. The first-order valence-corrected chi connectivity index (χ1v) is 13.5. The fourth-order valence-electron chi connectivity index (χ4n) is 4.51. The minimum atomic E-state index is -0.197. The molecule has 2 aliphatic heterocycles. The smallest absolute Gasteiger partial charge is 0.264 e. The number of hydrogen-bond donors (Lipinski definition) is 0. The fraction of sp³-hybridized carbons (Fsp3) is 0.400. The topological polar surface area (TPSA) is 70.4 Å². The molecule has 0 radical (unpaired) electrons. The van der Waals surface area contributed by atoms with Crippen LogP contribution in [0.5, 0.6) is 0 Å². The molecule has 1 saturated heterocycles. The van der Waals surface area contributed by atoms with E-state index in [1.165, 1.54) is 11.3 Å². The number of ether oxygens (including phenoxy) is 1. The number of carbonyl (C=O) groups is 2. The zero-order valence-corrected chi connectivity index (χ0v) is 21.3. The van der Waals surface area contributed by atoms with Gasteiger partial charge in [0.2, 0.25) is 0 Å². The van der Waals surface area contributed by atoms with Gasteiger partial charge in [-0.05, 0) is 35.0 Å². The van der Waals surface area contributed by atoms with Crippen molar-refractivity contribution in [2.75, 3.05) is 45.9 Å². The summed E-state index contributed by atoms with van der Waals surface area (Å²) in [7, 11) is 1.98. The molecule has 1 atom stereocenters. The molecule has 5 heterocycles. The van der Waals surface area contributed by atoms with E-state index in [-0.39, 0.29) is 24.4 Å². The Labute approximate surface area is 213 Å². The normalized spacial score (nSPS) is 18.6. The summed E-state index contributed by atoms with van der Waals surface area (Å²) in [5, 5.41) is 10.3. The molecule has 0 saturated carbocycles. The molecule has 2 amide bonds. The molecule has 5 rings (SSSR count). The average Bonchev–Trinajstić information content (AvgIpc) is 3.68. The Kier molecular flexibility index (Phi) is 7.43. The van der Waals surface area contributed by atoms with E-state index in [9.17, 15) is 9.59 Å². The van der Waals surface area contributed by atoms with Crippen LogP contribution in [0.3, 0.4) is 0 Å². The average molecular weight is 512 g/mol. The van der Waals surface area contributed by atoms with Gasteiger partial charge in [-0.1, -0.05) is 12.1 Å². The molecule has 0 spiro atoms. The van der Waals surface area contributed by atoms with E-state index >= 15 is 0 Å². The van der Waals surface area contributed by atoms with E-state index in [1.807, 2.05) is 65.0 Å². The highest BCUT2D eigenvalue weighted by molar-refractivity contribution is 7.12. The summed E-state index contributed by atoms with van der Waals surface area (Å²) in [5.74, 6) is -0.284. The summed E-state index contributed by atoms with van der Waals surface area (Å²) in [4.78, 5) is 32.7. The number of morpholine rings is 1. The van der Waals surface area contributed by atoms with Crippen molar-refractivity contribution in [1.82, 2.24) is 19.4 Å². The van der Waals surface area contributed by atoms with Crippen LogP contribution in [-0.2, 0) is 16.6 Å². The number of rotatable bonds is 8. The van der Waals surface area contributed by atoms with Crippen LogP contribution in [0.1, 0.15) is 32.7 Å². The fourth-order valence-corrected chi connectivity index (χ4v) is 5.93. The number of amides is 2. The highest BCUT2D eigenvalue weighted by atomic mass is 32.1. The van der Waals surface area contributed by atoms with Crippen molar-refractivity contribution in [3.8, 4) is 0 Å². The van der Waals surface area contributed by atoms with Crippen LogP contribution in [0.25, 0.3) is 0 Å². The molecule has 3 aromatic heterocycles. The second-order valence-electron chi connectivity index (χ2n) is 8.68. The van der Waals surface area contributed by atoms with Crippen molar-refractivity contribution in [3.63, 3.8) is 0 Å². The van der Waals surface area contributed by atoms with Crippen LogP contribution in [0.15, 0.2) is 58.5 Å². The molecule has 8 nitrogen and oxygen atoms in total. The summed E-state index contributed by atoms with van der Waals surface area (Å²) in [6.07, 6.45) is 2.63. The first-order valence-electron chi connectivity index (χ1n) is 11.8. The molecule has 0 aromatic carbocycles. The van der Waals surface area contributed by atoms with Crippen molar-refractivity contribution in [1.29, 1.82) is 0 Å². The van der Waals surface area contributed by atoms with Gasteiger partial charge in [0.25, 0.3) is 11.8 Å². The van der Waals surface area contributed by atoms with Crippen molar-refractivity contribution < 1.29 is 14.3 Å². The molecule has 184 valence electrons. The third kappa shape index (κ3) is 5.40. The molecule has 1 fully saturated rings. The third-order valence-electron chi connectivity index (χ3n) is 6.43. The maximum atomic E-state index is 13.7. The molecule has 35 heavy (non-hydrogen) atoms. The van der Waals surface area contributed by atoms with Crippen LogP contribution in [0, 0.1) is 0 Å². The van der Waals surface area contributed by atoms with Crippen LogP contribution in [0.4, 0.5) is 0 Å². The Morgan fingerprint density at radius 1 is 1.11 bits per heavy atom. The van der Waals surface area contributed by atoms with Gasteiger partial charge in [-0.2, -0.15) is 5.10 Å². The predicted octanol–water partition coefficient (Wildman–Crippen LogP) is 3.30. The maximum absolute atomic E-state index is 13.7. The number of hydrazone groups is 1. The van der Waals surface area contributed by atoms with Crippen molar-refractivity contribution in [2.24, 2.45) is 12.1 Å². The van der Waals surface area contributed by atoms with Gasteiger partial charge in [-0.25, -0.2) is 5.01 Å². The van der Waals surface area contributed by atoms with Gasteiger partial charge in [0.1, 0.15) is 12.6 Å². The van der Waals surface area contributed by atoms with Crippen LogP contribution >= 0.6 is 22.7 Å². The highest BCUT2D eigenvalue weighted by Crippen LogP contribution is 2.34. The number of hydrogen-bond acceptors (Lipinski definition) is 7. The third-order valence-corrected chi connectivity index (χ3v) is 8.21. The summed E-state index contributed by atoms with van der Waals surface area (Å²) in [6, 6.07) is 11.5. The monoisotopic (exact) mass is 511 g/mol. The molecule has 3 aromatic rings. The van der Waals surface area contributed by atoms with Crippen molar-refractivity contribution >= 4 is 40.2 Å². The minimum absolute atomic E-state index is 0.0107. The lowest BCUT2D eigenvalue weighted by atomic mass is 10.1. The Hall–Kier alpha value is -2.79. The number of aryl methyl sites for hydroxylation is 1. The van der Waals surface area contributed by atoms with E-state index in [1.54, 1.807) is 21.2 Å². The van der Waals surface area contributed by atoms with Crippen molar-refractivity contribution in [2.45, 2.75) is 12.5 Å². The van der Waals surface area contributed by atoms with Gasteiger partial charge in [0.05, 0.1) is 28.7 Å². The number of nitrogens with zero attached hydrogens (tertiary/aromatic N) is 5. The van der Waals surface area contributed by atoms with E-state index in [4.69, 9.17) is 9.84 Å². The lowest BCUT2D eigenvalue weighted by molar-refractivity contribution is -0.133. The predicted molar refractivity (Wildman–Crippen MR) is 138 cm³/mol. The van der Waals surface area contributed by atoms with Crippen LogP contribution in [-0.4, -0.2) is 82.8 Å². The quantitative estimate of drug-likeness (QED) is 0.465. The number of aromatic nitrogens is 1. The first kappa shape index (κ1) is 23.9. The molecular weight excluding hydrogens is 482 g/mol. The molecule has 0 bridgehead atoms. The second kappa shape index (κ2) is 10.9. The van der Waals surface area contributed by atoms with E-state index in [2.05, 4.69) is 4.90 Å². The largest absolute Gasteiger partial charge is 0.379 e. The summed E-state index contributed by atoms with van der Waals surface area (Å²) in [6.45, 7) is 4.25. The zero-order chi connectivity index (χ0) is 24.2. The van der Waals surface area contributed by atoms with Gasteiger partial charge in [-0.15, -0.1) is 22.7 Å². The Morgan fingerprint density at radius 3 is 2.60 bits per heavy atom. The van der Waals surface area contributed by atoms with Gasteiger partial charge < -0.3 is 14.2 Å². The van der Waals surface area contributed by atoms with Gasteiger partial charge >= 0.3 is 0 Å². The number of carbonyl (C=O) groups excluding carboxylic acids is 2. The molecule has 2 aliphatic rings. The molecule has 0 N–H and O–H groups in total. The van der Waals surface area contributed by atoms with Gasteiger partial charge in [-0.3, -0.25) is 14.5 Å². The summed E-state index contributed by atoms with van der Waals surface area (Å²) >= 11 is 3.02. The molecule has 0 unspecified atom stereocenters. The number of thiophene rings is 2. The molecule has 0 aliphatic carbocycles. The van der Waals surface area contributed by atoms with E-state index in [0.717, 1.165) is 29.4 Å². The highest BCUT2D eigenvalue weighted by Gasteiger charge is 2.36. The second-order valence-corrected chi connectivity index (χ2v) is 10.6. The summed E-state index contributed by atoms with van der Waals surface area (Å²) in [5.41, 5.74) is 1.93. The SMILES string of the molecule is Cn1cccc1[C@@H]1CC(c2cccs2)=NN1C(=O)CN(CCN1CCOCC1)C(=O)c1cccs1. The zero-order valence-electron chi connectivity index (χ0n) is 19.7. The van der Waals surface area contributed by atoms with Crippen LogP contribution in [0.2, 0.25) is 0 Å².